The summed E-state index contributed by atoms with van der Waals surface area (Å²) < 4.78 is 5.48. The van der Waals surface area contributed by atoms with Gasteiger partial charge in [-0.2, -0.15) is 0 Å². The van der Waals surface area contributed by atoms with E-state index in [9.17, 15) is 14.9 Å². The summed E-state index contributed by atoms with van der Waals surface area (Å²) in [4.78, 5) is 22.5. The van der Waals surface area contributed by atoms with Gasteiger partial charge < -0.3 is 4.74 Å². The molecule has 1 aromatic rings. The van der Waals surface area contributed by atoms with Gasteiger partial charge in [-0.05, 0) is 12.0 Å². The zero-order valence-electron chi connectivity index (χ0n) is 10.9. The largest absolute Gasteiger partial charge is 0.490 e. The number of nitro groups is 1. The van der Waals surface area contributed by atoms with E-state index < -0.39 is 6.04 Å². The minimum Gasteiger partial charge on any atom is -0.490 e. The highest BCUT2D eigenvalue weighted by Crippen LogP contribution is 2.43. The summed E-state index contributed by atoms with van der Waals surface area (Å²) in [6.45, 7) is 0.0299. The maximum absolute atomic E-state index is 11.5. The van der Waals surface area contributed by atoms with Gasteiger partial charge in [-0.1, -0.05) is 30.3 Å². The van der Waals surface area contributed by atoms with Crippen LogP contribution in [-0.4, -0.2) is 23.4 Å². The van der Waals surface area contributed by atoms with Gasteiger partial charge in [0.05, 0.1) is 5.92 Å². The average Bonchev–Trinajstić information content (AvgIpc) is 2.46. The number of hydrogen-bond acceptors (Lipinski definition) is 4. The lowest BCUT2D eigenvalue weighted by atomic mass is 9.74. The van der Waals surface area contributed by atoms with Gasteiger partial charge in [-0.15, -0.1) is 0 Å². The molecule has 1 saturated heterocycles. The highest BCUT2D eigenvalue weighted by atomic mass is 16.6. The van der Waals surface area contributed by atoms with Crippen LogP contribution in [0.2, 0.25) is 0 Å². The highest BCUT2D eigenvalue weighted by molar-refractivity contribution is 5.91. The van der Waals surface area contributed by atoms with E-state index in [1.807, 2.05) is 30.3 Å². The van der Waals surface area contributed by atoms with Crippen LogP contribution in [-0.2, 0) is 9.53 Å². The minimum atomic E-state index is -0.757. The number of rotatable bonds is 2. The van der Waals surface area contributed by atoms with Crippen LogP contribution in [0.15, 0.2) is 42.2 Å². The molecule has 5 heteroatoms. The second kappa shape index (κ2) is 5.07. The predicted molar refractivity (Wildman–Crippen MR) is 71.7 cm³/mol. The second-order valence-corrected chi connectivity index (χ2v) is 5.26. The van der Waals surface area contributed by atoms with E-state index >= 15 is 0 Å². The Bertz CT molecular complexity index is 566. The lowest BCUT2D eigenvalue weighted by Crippen LogP contribution is -2.43. The molecular formula is C15H15NO4. The smallest absolute Gasteiger partial charge is 0.253 e. The van der Waals surface area contributed by atoms with Crippen molar-refractivity contribution in [3.63, 3.8) is 0 Å². The highest BCUT2D eigenvalue weighted by Gasteiger charge is 2.46. The molecule has 20 heavy (non-hydrogen) atoms. The van der Waals surface area contributed by atoms with Crippen molar-refractivity contribution in [3.05, 3.63) is 57.8 Å². The predicted octanol–water partition coefficient (Wildman–Crippen LogP) is 2.31. The van der Waals surface area contributed by atoms with E-state index in [1.165, 1.54) is 6.08 Å². The zero-order chi connectivity index (χ0) is 14.1. The fraction of sp³-hybridized carbons (Fsp3) is 0.400. The number of ketones is 1. The lowest BCUT2D eigenvalue weighted by molar-refractivity contribution is -0.535. The van der Waals surface area contributed by atoms with Crippen molar-refractivity contribution in [2.24, 2.45) is 5.92 Å². The van der Waals surface area contributed by atoms with E-state index in [2.05, 4.69) is 0 Å². The number of ether oxygens (including phenoxy) is 1. The molecule has 1 fully saturated rings. The summed E-state index contributed by atoms with van der Waals surface area (Å²) in [5.74, 6) is 0.370. The van der Waals surface area contributed by atoms with Crippen LogP contribution in [0, 0.1) is 16.0 Å². The summed E-state index contributed by atoms with van der Waals surface area (Å²) in [7, 11) is 0. The fourth-order valence-electron chi connectivity index (χ4n) is 3.16. The molecule has 3 rings (SSSR count). The summed E-state index contributed by atoms with van der Waals surface area (Å²) in [6, 6.07) is 8.75. The van der Waals surface area contributed by atoms with Gasteiger partial charge in [0.25, 0.3) is 6.04 Å². The summed E-state index contributed by atoms with van der Waals surface area (Å²) in [6.07, 6.45) is 2.57. The Morgan fingerprint density at radius 1 is 1.25 bits per heavy atom. The number of carbonyl (C=O) groups excluding carboxylic acids is 1. The molecule has 1 heterocycles. The Hall–Kier alpha value is -2.17. The van der Waals surface area contributed by atoms with Crippen molar-refractivity contribution in [1.82, 2.24) is 0 Å². The van der Waals surface area contributed by atoms with Gasteiger partial charge >= 0.3 is 0 Å². The van der Waals surface area contributed by atoms with Crippen LogP contribution in [0.1, 0.15) is 24.3 Å². The normalized spacial score (nSPS) is 29.1. The molecule has 1 aromatic carbocycles. The fourth-order valence-corrected chi connectivity index (χ4v) is 3.16. The van der Waals surface area contributed by atoms with Crippen LogP contribution in [0.25, 0.3) is 0 Å². The first-order chi connectivity index (χ1) is 9.66. The van der Waals surface area contributed by atoms with Crippen molar-refractivity contribution in [3.8, 4) is 0 Å². The molecule has 1 aliphatic heterocycles. The topological polar surface area (TPSA) is 69.4 Å². The third kappa shape index (κ3) is 2.19. The van der Waals surface area contributed by atoms with Gasteiger partial charge in [0.2, 0.25) is 0 Å². The number of hydrogen-bond donors (Lipinski definition) is 0. The van der Waals surface area contributed by atoms with Gasteiger partial charge in [0, 0.05) is 23.3 Å². The van der Waals surface area contributed by atoms with Gasteiger partial charge in [-0.3, -0.25) is 14.9 Å². The molecule has 0 amide bonds. The first-order valence-electron chi connectivity index (χ1n) is 6.72. The molecule has 0 bridgehead atoms. The molecule has 3 atom stereocenters. The molecule has 3 unspecified atom stereocenters. The number of nitrogens with zero attached hydrogens (tertiary/aromatic N) is 1. The number of carbonyl (C=O) groups is 1. The standard InChI is InChI=1S/C15H15NO4/c17-11-6-7-12-14(8-11)20-9-13(16(18)19)15(12)10-4-2-1-3-5-10/h1-5,8,12-13,15H,6-7,9H2. The van der Waals surface area contributed by atoms with E-state index in [4.69, 9.17) is 4.74 Å². The Labute approximate surface area is 116 Å². The van der Waals surface area contributed by atoms with Crippen LogP contribution in [0.4, 0.5) is 0 Å². The third-order valence-electron chi connectivity index (χ3n) is 4.09. The van der Waals surface area contributed by atoms with E-state index in [1.54, 1.807) is 0 Å². The molecule has 0 aromatic heterocycles. The van der Waals surface area contributed by atoms with Crippen LogP contribution in [0.5, 0.6) is 0 Å². The molecular weight excluding hydrogens is 258 g/mol. The van der Waals surface area contributed by atoms with Crippen LogP contribution >= 0.6 is 0 Å². The molecule has 0 radical (unpaired) electrons. The number of benzene rings is 1. The number of allylic oxidation sites excluding steroid dienone is 2. The van der Waals surface area contributed by atoms with Gasteiger partial charge in [-0.25, -0.2) is 0 Å². The van der Waals surface area contributed by atoms with Crippen molar-refractivity contribution < 1.29 is 14.5 Å². The monoisotopic (exact) mass is 273 g/mol. The average molecular weight is 273 g/mol. The first-order valence-corrected chi connectivity index (χ1v) is 6.72. The second-order valence-electron chi connectivity index (χ2n) is 5.26. The Balaban J connectivity index is 2.01. The first kappa shape index (κ1) is 12.8. The molecule has 0 spiro atoms. The van der Waals surface area contributed by atoms with Crippen molar-refractivity contribution in [1.29, 1.82) is 0 Å². The molecule has 1 aliphatic carbocycles. The molecule has 2 aliphatic rings. The third-order valence-corrected chi connectivity index (χ3v) is 4.09. The maximum Gasteiger partial charge on any atom is 0.253 e. The summed E-state index contributed by atoms with van der Waals surface area (Å²) >= 11 is 0. The van der Waals surface area contributed by atoms with Crippen molar-refractivity contribution in [2.45, 2.75) is 24.8 Å². The zero-order valence-corrected chi connectivity index (χ0v) is 10.9. The summed E-state index contributed by atoms with van der Waals surface area (Å²) in [5.41, 5.74) is 0.947. The Morgan fingerprint density at radius 2 is 2.00 bits per heavy atom. The molecule has 0 saturated carbocycles. The quantitative estimate of drug-likeness (QED) is 0.612. The van der Waals surface area contributed by atoms with E-state index in [-0.39, 0.29) is 29.1 Å². The Morgan fingerprint density at radius 3 is 2.70 bits per heavy atom. The van der Waals surface area contributed by atoms with Crippen LogP contribution in [0.3, 0.4) is 0 Å². The van der Waals surface area contributed by atoms with Crippen molar-refractivity contribution in [2.75, 3.05) is 6.61 Å². The SMILES string of the molecule is O=C1C=C2OCC([N+](=O)[O-])C(c3ccccc3)C2CC1. The molecule has 5 nitrogen and oxygen atoms in total. The minimum absolute atomic E-state index is 0.0299. The van der Waals surface area contributed by atoms with Gasteiger partial charge in [0.15, 0.2) is 12.4 Å². The Kier molecular flexibility index (Phi) is 3.26. The number of fused-ring (bicyclic) bond motifs is 1. The van der Waals surface area contributed by atoms with Crippen LogP contribution < -0.4 is 0 Å². The summed E-state index contributed by atoms with van der Waals surface area (Å²) in [5, 5.41) is 11.3. The molecule has 0 N–H and O–H groups in total. The lowest BCUT2D eigenvalue weighted by Gasteiger charge is -2.37. The molecule has 104 valence electrons. The van der Waals surface area contributed by atoms with E-state index in [0.717, 1.165) is 5.56 Å². The van der Waals surface area contributed by atoms with Gasteiger partial charge in [0.1, 0.15) is 5.76 Å². The van der Waals surface area contributed by atoms with E-state index in [0.29, 0.717) is 18.6 Å². The maximum atomic E-state index is 11.5. The van der Waals surface area contributed by atoms with Crippen molar-refractivity contribution >= 4 is 5.78 Å².